The SMILES string of the molecule is COCC(N)CS(=O)c1ccc(Cl)c(Cl)c1. The molecular formula is C10H13Cl2NO2S. The van der Waals surface area contributed by atoms with Crippen molar-refractivity contribution in [3.8, 4) is 0 Å². The monoisotopic (exact) mass is 281 g/mol. The molecule has 0 bridgehead atoms. The Labute approximate surface area is 107 Å². The molecule has 0 spiro atoms. The smallest absolute Gasteiger partial charge is 0.0622 e. The van der Waals surface area contributed by atoms with Crippen LogP contribution < -0.4 is 5.73 Å². The van der Waals surface area contributed by atoms with Gasteiger partial charge in [0.1, 0.15) is 0 Å². The van der Waals surface area contributed by atoms with E-state index in [1.807, 2.05) is 0 Å². The number of hydrogen-bond acceptors (Lipinski definition) is 3. The maximum atomic E-state index is 11.9. The van der Waals surface area contributed by atoms with E-state index in [0.717, 1.165) is 0 Å². The molecule has 1 rings (SSSR count). The second-order valence-electron chi connectivity index (χ2n) is 3.30. The molecule has 0 amide bonds. The van der Waals surface area contributed by atoms with Gasteiger partial charge in [0.15, 0.2) is 0 Å². The quantitative estimate of drug-likeness (QED) is 0.899. The molecule has 0 aliphatic carbocycles. The first-order valence-corrected chi connectivity index (χ1v) is 6.70. The van der Waals surface area contributed by atoms with E-state index in [4.69, 9.17) is 33.7 Å². The lowest BCUT2D eigenvalue weighted by Crippen LogP contribution is -2.31. The summed E-state index contributed by atoms with van der Waals surface area (Å²) in [7, 11) is 0.376. The van der Waals surface area contributed by atoms with Crippen molar-refractivity contribution in [1.29, 1.82) is 0 Å². The van der Waals surface area contributed by atoms with Crippen LogP contribution >= 0.6 is 23.2 Å². The second-order valence-corrected chi connectivity index (χ2v) is 5.61. The van der Waals surface area contributed by atoms with Crippen molar-refractivity contribution in [2.75, 3.05) is 19.5 Å². The first kappa shape index (κ1) is 13.9. The maximum Gasteiger partial charge on any atom is 0.0622 e. The molecule has 2 N–H and O–H groups in total. The molecule has 1 aromatic rings. The third-order valence-corrected chi connectivity index (χ3v) is 4.15. The summed E-state index contributed by atoms with van der Waals surface area (Å²) < 4.78 is 16.7. The summed E-state index contributed by atoms with van der Waals surface area (Å²) in [6.45, 7) is 0.382. The van der Waals surface area contributed by atoms with Gasteiger partial charge in [0.25, 0.3) is 0 Å². The average Bonchev–Trinajstić information content (AvgIpc) is 2.22. The summed E-state index contributed by atoms with van der Waals surface area (Å²) in [5.74, 6) is 0.339. The van der Waals surface area contributed by atoms with Crippen LogP contribution in [0.4, 0.5) is 0 Å². The fraction of sp³-hybridized carbons (Fsp3) is 0.400. The average molecular weight is 282 g/mol. The van der Waals surface area contributed by atoms with Gasteiger partial charge < -0.3 is 10.5 Å². The summed E-state index contributed by atoms with van der Waals surface area (Å²) >= 11 is 11.6. The molecular weight excluding hydrogens is 269 g/mol. The van der Waals surface area contributed by atoms with Crippen molar-refractivity contribution in [2.45, 2.75) is 10.9 Å². The van der Waals surface area contributed by atoms with Gasteiger partial charge in [0, 0.05) is 23.8 Å². The fourth-order valence-corrected chi connectivity index (χ4v) is 2.68. The Bertz CT molecular complexity index is 387. The zero-order chi connectivity index (χ0) is 12.1. The molecule has 0 fully saturated rings. The number of ether oxygens (including phenoxy) is 1. The Hall–Kier alpha value is -0.130. The molecule has 0 aliphatic heterocycles. The highest BCUT2D eigenvalue weighted by Gasteiger charge is 2.11. The maximum absolute atomic E-state index is 11.9. The Morgan fingerprint density at radius 2 is 2.12 bits per heavy atom. The van der Waals surface area contributed by atoms with Crippen LogP contribution in [0.2, 0.25) is 10.0 Å². The molecule has 1 aromatic carbocycles. The molecule has 0 aliphatic rings. The van der Waals surface area contributed by atoms with Crippen molar-refractivity contribution < 1.29 is 8.95 Å². The van der Waals surface area contributed by atoms with Gasteiger partial charge in [-0.1, -0.05) is 23.2 Å². The van der Waals surface area contributed by atoms with Crippen LogP contribution in [0, 0.1) is 0 Å². The highest BCUT2D eigenvalue weighted by atomic mass is 35.5. The highest BCUT2D eigenvalue weighted by Crippen LogP contribution is 2.24. The largest absolute Gasteiger partial charge is 0.383 e. The van der Waals surface area contributed by atoms with Crippen LogP contribution in [0.25, 0.3) is 0 Å². The molecule has 16 heavy (non-hydrogen) atoms. The number of hydrogen-bond donors (Lipinski definition) is 1. The molecule has 2 unspecified atom stereocenters. The fourth-order valence-electron chi connectivity index (χ4n) is 1.17. The van der Waals surface area contributed by atoms with Gasteiger partial charge in [-0.15, -0.1) is 0 Å². The predicted octanol–water partition coefficient (Wildman–Crippen LogP) is 2.07. The summed E-state index contributed by atoms with van der Waals surface area (Å²) in [6.07, 6.45) is 0. The van der Waals surface area contributed by atoms with E-state index in [1.165, 1.54) is 0 Å². The summed E-state index contributed by atoms with van der Waals surface area (Å²) in [5.41, 5.74) is 5.71. The van der Waals surface area contributed by atoms with Gasteiger partial charge in [-0.05, 0) is 18.2 Å². The van der Waals surface area contributed by atoms with E-state index >= 15 is 0 Å². The Morgan fingerprint density at radius 1 is 1.44 bits per heavy atom. The molecule has 0 aromatic heterocycles. The molecule has 2 atom stereocenters. The van der Waals surface area contributed by atoms with Gasteiger partial charge in [0.05, 0.1) is 27.5 Å². The van der Waals surface area contributed by atoms with E-state index in [9.17, 15) is 4.21 Å². The summed E-state index contributed by atoms with van der Waals surface area (Å²) in [4.78, 5) is 0.626. The molecule has 0 radical (unpaired) electrons. The predicted molar refractivity (Wildman–Crippen MR) is 67.6 cm³/mol. The van der Waals surface area contributed by atoms with Crippen LogP contribution in [0.5, 0.6) is 0 Å². The van der Waals surface area contributed by atoms with Gasteiger partial charge in [-0.2, -0.15) is 0 Å². The lowest BCUT2D eigenvalue weighted by atomic mass is 10.4. The third-order valence-electron chi connectivity index (χ3n) is 1.90. The van der Waals surface area contributed by atoms with Crippen molar-refractivity contribution in [3.05, 3.63) is 28.2 Å². The Kier molecular flexibility index (Phi) is 5.72. The highest BCUT2D eigenvalue weighted by molar-refractivity contribution is 7.85. The molecule has 90 valence electrons. The molecule has 0 heterocycles. The van der Waals surface area contributed by atoms with Gasteiger partial charge in [0.2, 0.25) is 0 Å². The Balaban J connectivity index is 2.69. The summed E-state index contributed by atoms with van der Waals surface area (Å²) in [5, 5.41) is 0.844. The van der Waals surface area contributed by atoms with E-state index in [-0.39, 0.29) is 6.04 Å². The Morgan fingerprint density at radius 3 is 2.69 bits per heavy atom. The van der Waals surface area contributed by atoms with E-state index < -0.39 is 10.8 Å². The lowest BCUT2D eigenvalue weighted by Gasteiger charge is -2.10. The van der Waals surface area contributed by atoms with Gasteiger partial charge in [-0.3, -0.25) is 4.21 Å². The minimum atomic E-state index is -1.18. The first-order valence-electron chi connectivity index (χ1n) is 4.62. The summed E-state index contributed by atoms with van der Waals surface area (Å²) in [6, 6.07) is 4.66. The van der Waals surface area contributed by atoms with Crippen LogP contribution in [-0.2, 0) is 15.5 Å². The van der Waals surface area contributed by atoms with Gasteiger partial charge >= 0.3 is 0 Å². The molecule has 0 saturated heterocycles. The standard InChI is InChI=1S/C10H13Cl2NO2S/c1-15-5-7(13)6-16(14)8-2-3-9(11)10(12)4-8/h2-4,7H,5-6,13H2,1H3. The number of rotatable bonds is 5. The zero-order valence-electron chi connectivity index (χ0n) is 8.78. The third kappa shape index (κ3) is 4.03. The molecule has 3 nitrogen and oxygen atoms in total. The number of benzene rings is 1. The van der Waals surface area contributed by atoms with E-state index in [2.05, 4.69) is 0 Å². The van der Waals surface area contributed by atoms with Crippen molar-refractivity contribution >= 4 is 34.0 Å². The topological polar surface area (TPSA) is 52.3 Å². The van der Waals surface area contributed by atoms with Crippen LogP contribution in [0.1, 0.15) is 0 Å². The normalized spacial score (nSPS) is 14.8. The minimum absolute atomic E-state index is 0.250. The molecule has 0 saturated carbocycles. The first-order chi connectivity index (χ1) is 7.54. The van der Waals surface area contributed by atoms with E-state index in [0.29, 0.717) is 27.3 Å². The number of methoxy groups -OCH3 is 1. The van der Waals surface area contributed by atoms with Crippen LogP contribution in [-0.4, -0.2) is 29.7 Å². The van der Waals surface area contributed by atoms with Crippen molar-refractivity contribution in [1.82, 2.24) is 0 Å². The van der Waals surface area contributed by atoms with E-state index in [1.54, 1.807) is 25.3 Å². The minimum Gasteiger partial charge on any atom is -0.383 e. The van der Waals surface area contributed by atoms with Gasteiger partial charge in [-0.25, -0.2) is 0 Å². The van der Waals surface area contributed by atoms with Crippen molar-refractivity contribution in [2.24, 2.45) is 5.73 Å². The number of nitrogens with two attached hydrogens (primary N) is 1. The molecule has 6 heteroatoms. The lowest BCUT2D eigenvalue weighted by molar-refractivity contribution is 0.186. The second kappa shape index (κ2) is 6.57. The van der Waals surface area contributed by atoms with Crippen molar-refractivity contribution in [3.63, 3.8) is 0 Å². The zero-order valence-corrected chi connectivity index (χ0v) is 11.1. The van der Waals surface area contributed by atoms with Crippen LogP contribution in [0.3, 0.4) is 0 Å². The number of halogens is 2. The van der Waals surface area contributed by atoms with Crippen LogP contribution in [0.15, 0.2) is 23.1 Å².